The Labute approximate surface area is 139 Å². The van der Waals surface area contributed by atoms with Gasteiger partial charge in [-0.15, -0.1) is 0 Å². The van der Waals surface area contributed by atoms with E-state index in [-0.39, 0.29) is 11.5 Å². The SMILES string of the molecule is COc1ccc(-c2cn[nH]c2-c2ccc(OC)c(OC)c2O)cc1. The van der Waals surface area contributed by atoms with E-state index in [0.29, 0.717) is 17.0 Å². The fourth-order valence-corrected chi connectivity index (χ4v) is 2.59. The number of phenolic OH excluding ortho intramolecular Hbond substituents is 1. The summed E-state index contributed by atoms with van der Waals surface area (Å²) in [7, 11) is 4.63. The zero-order chi connectivity index (χ0) is 17.1. The zero-order valence-corrected chi connectivity index (χ0v) is 13.7. The predicted octanol–water partition coefficient (Wildman–Crippen LogP) is 3.48. The Morgan fingerprint density at radius 1 is 0.875 bits per heavy atom. The molecule has 1 aromatic heterocycles. The Hall–Kier alpha value is -3.15. The van der Waals surface area contributed by atoms with Gasteiger partial charge in [0.1, 0.15) is 5.75 Å². The molecular weight excluding hydrogens is 308 g/mol. The molecule has 2 N–H and O–H groups in total. The lowest BCUT2D eigenvalue weighted by atomic mass is 10.0. The van der Waals surface area contributed by atoms with Gasteiger partial charge in [0.2, 0.25) is 5.75 Å². The number of aromatic hydroxyl groups is 1. The van der Waals surface area contributed by atoms with Crippen molar-refractivity contribution in [2.45, 2.75) is 0 Å². The number of aromatic amines is 1. The van der Waals surface area contributed by atoms with Gasteiger partial charge in [0.15, 0.2) is 11.5 Å². The molecule has 0 aliphatic heterocycles. The molecule has 0 amide bonds. The van der Waals surface area contributed by atoms with Gasteiger partial charge < -0.3 is 19.3 Å². The molecule has 24 heavy (non-hydrogen) atoms. The summed E-state index contributed by atoms with van der Waals surface area (Å²) in [5.74, 6) is 1.52. The Kier molecular flexibility index (Phi) is 4.29. The molecule has 0 radical (unpaired) electrons. The normalized spacial score (nSPS) is 10.5. The van der Waals surface area contributed by atoms with Crippen molar-refractivity contribution >= 4 is 0 Å². The Bertz CT molecular complexity index is 841. The van der Waals surface area contributed by atoms with Crippen molar-refractivity contribution in [3.8, 4) is 45.4 Å². The van der Waals surface area contributed by atoms with Gasteiger partial charge in [0.05, 0.1) is 33.2 Å². The molecule has 0 atom stereocenters. The first-order valence-corrected chi connectivity index (χ1v) is 7.31. The summed E-state index contributed by atoms with van der Waals surface area (Å²) >= 11 is 0. The van der Waals surface area contributed by atoms with Gasteiger partial charge in [-0.05, 0) is 29.8 Å². The molecule has 0 aliphatic carbocycles. The molecule has 0 fully saturated rings. The molecule has 6 heteroatoms. The van der Waals surface area contributed by atoms with Crippen molar-refractivity contribution in [1.29, 1.82) is 0 Å². The van der Waals surface area contributed by atoms with Crippen LogP contribution in [0, 0.1) is 0 Å². The standard InChI is InChI=1S/C18H18N2O4/c1-22-12-6-4-11(5-7-12)14-10-19-20-16(14)13-8-9-15(23-2)18(24-3)17(13)21/h4-10,21H,1-3H3,(H,19,20). The first-order valence-electron chi connectivity index (χ1n) is 7.31. The van der Waals surface area contributed by atoms with E-state index >= 15 is 0 Å². The van der Waals surface area contributed by atoms with Crippen LogP contribution in [-0.4, -0.2) is 36.6 Å². The number of phenols is 1. The second-order valence-corrected chi connectivity index (χ2v) is 5.08. The summed E-state index contributed by atoms with van der Waals surface area (Å²) in [6.45, 7) is 0. The summed E-state index contributed by atoms with van der Waals surface area (Å²) in [5.41, 5.74) is 3.09. The van der Waals surface area contributed by atoms with E-state index in [1.807, 2.05) is 24.3 Å². The smallest absolute Gasteiger partial charge is 0.203 e. The van der Waals surface area contributed by atoms with Crippen molar-refractivity contribution in [3.05, 3.63) is 42.6 Å². The third kappa shape index (κ3) is 2.62. The van der Waals surface area contributed by atoms with Gasteiger partial charge in [-0.3, -0.25) is 5.10 Å². The van der Waals surface area contributed by atoms with Crippen molar-refractivity contribution in [1.82, 2.24) is 10.2 Å². The second-order valence-electron chi connectivity index (χ2n) is 5.08. The Morgan fingerprint density at radius 2 is 1.62 bits per heavy atom. The fraction of sp³-hybridized carbons (Fsp3) is 0.167. The van der Waals surface area contributed by atoms with Gasteiger partial charge in [-0.2, -0.15) is 5.10 Å². The largest absolute Gasteiger partial charge is 0.504 e. The van der Waals surface area contributed by atoms with Crippen molar-refractivity contribution in [2.75, 3.05) is 21.3 Å². The maximum absolute atomic E-state index is 10.6. The predicted molar refractivity (Wildman–Crippen MR) is 90.8 cm³/mol. The Morgan fingerprint density at radius 3 is 2.25 bits per heavy atom. The minimum Gasteiger partial charge on any atom is -0.504 e. The van der Waals surface area contributed by atoms with Crippen LogP contribution in [0.1, 0.15) is 0 Å². The van der Waals surface area contributed by atoms with E-state index in [1.54, 1.807) is 25.4 Å². The van der Waals surface area contributed by atoms with Crippen LogP contribution in [0.3, 0.4) is 0 Å². The lowest BCUT2D eigenvalue weighted by Gasteiger charge is -2.13. The summed E-state index contributed by atoms with van der Waals surface area (Å²) in [6.07, 6.45) is 1.72. The number of nitrogens with one attached hydrogen (secondary N) is 1. The summed E-state index contributed by atoms with van der Waals surface area (Å²) in [4.78, 5) is 0. The summed E-state index contributed by atoms with van der Waals surface area (Å²) in [6, 6.07) is 11.1. The van der Waals surface area contributed by atoms with Crippen molar-refractivity contribution < 1.29 is 19.3 Å². The molecule has 6 nitrogen and oxygen atoms in total. The number of hydrogen-bond acceptors (Lipinski definition) is 5. The first-order chi connectivity index (χ1) is 11.7. The maximum atomic E-state index is 10.6. The van der Waals surface area contributed by atoms with Crippen LogP contribution in [0.2, 0.25) is 0 Å². The van der Waals surface area contributed by atoms with Crippen LogP contribution < -0.4 is 14.2 Å². The zero-order valence-electron chi connectivity index (χ0n) is 13.7. The fourth-order valence-electron chi connectivity index (χ4n) is 2.59. The maximum Gasteiger partial charge on any atom is 0.203 e. The molecule has 0 saturated heterocycles. The molecule has 0 spiro atoms. The number of methoxy groups -OCH3 is 3. The van der Waals surface area contributed by atoms with Gasteiger partial charge in [0, 0.05) is 11.1 Å². The molecule has 0 unspecified atom stereocenters. The minimum atomic E-state index is -0.00383. The van der Waals surface area contributed by atoms with Crippen molar-refractivity contribution in [2.24, 2.45) is 0 Å². The van der Waals surface area contributed by atoms with Crippen LogP contribution >= 0.6 is 0 Å². The van der Waals surface area contributed by atoms with Gasteiger partial charge in [0.25, 0.3) is 0 Å². The van der Waals surface area contributed by atoms with Crippen LogP contribution in [0.5, 0.6) is 23.0 Å². The molecule has 0 aliphatic rings. The molecule has 1 heterocycles. The second kappa shape index (κ2) is 6.54. The molecule has 3 aromatic rings. The van der Waals surface area contributed by atoms with Gasteiger partial charge in [-0.1, -0.05) is 12.1 Å². The monoisotopic (exact) mass is 326 g/mol. The molecule has 2 aromatic carbocycles. The topological polar surface area (TPSA) is 76.6 Å². The summed E-state index contributed by atoms with van der Waals surface area (Å²) in [5, 5.41) is 17.6. The highest BCUT2D eigenvalue weighted by atomic mass is 16.5. The number of aromatic nitrogens is 2. The highest BCUT2D eigenvalue weighted by Crippen LogP contribution is 2.45. The number of rotatable bonds is 5. The molecule has 3 rings (SSSR count). The number of nitrogens with zero attached hydrogens (tertiary/aromatic N) is 1. The average Bonchev–Trinajstić information content (AvgIpc) is 3.10. The average molecular weight is 326 g/mol. The van der Waals surface area contributed by atoms with E-state index in [2.05, 4.69) is 10.2 Å². The number of H-pyrrole nitrogens is 1. The summed E-state index contributed by atoms with van der Waals surface area (Å²) < 4.78 is 15.6. The molecule has 0 bridgehead atoms. The first kappa shape index (κ1) is 15.7. The third-order valence-corrected chi connectivity index (χ3v) is 3.83. The van der Waals surface area contributed by atoms with E-state index in [0.717, 1.165) is 16.9 Å². The minimum absolute atomic E-state index is 0.00383. The van der Waals surface area contributed by atoms with E-state index < -0.39 is 0 Å². The third-order valence-electron chi connectivity index (χ3n) is 3.83. The number of ether oxygens (including phenoxy) is 3. The Balaban J connectivity index is 2.10. The van der Waals surface area contributed by atoms with Gasteiger partial charge in [-0.25, -0.2) is 0 Å². The van der Waals surface area contributed by atoms with E-state index in [4.69, 9.17) is 14.2 Å². The quantitative estimate of drug-likeness (QED) is 0.751. The number of hydrogen-bond donors (Lipinski definition) is 2. The van der Waals surface area contributed by atoms with E-state index in [9.17, 15) is 5.11 Å². The molecule has 0 saturated carbocycles. The van der Waals surface area contributed by atoms with Gasteiger partial charge >= 0.3 is 0 Å². The van der Waals surface area contributed by atoms with Crippen molar-refractivity contribution in [3.63, 3.8) is 0 Å². The van der Waals surface area contributed by atoms with Crippen LogP contribution in [-0.2, 0) is 0 Å². The highest BCUT2D eigenvalue weighted by molar-refractivity contribution is 5.85. The van der Waals surface area contributed by atoms with Crippen LogP contribution in [0.4, 0.5) is 0 Å². The van der Waals surface area contributed by atoms with Crippen LogP contribution in [0.15, 0.2) is 42.6 Å². The van der Waals surface area contributed by atoms with Crippen LogP contribution in [0.25, 0.3) is 22.4 Å². The molecular formula is C18H18N2O4. The lowest BCUT2D eigenvalue weighted by Crippen LogP contribution is -1.93. The number of benzene rings is 2. The van der Waals surface area contributed by atoms with E-state index in [1.165, 1.54) is 14.2 Å². The lowest BCUT2D eigenvalue weighted by molar-refractivity contribution is 0.334. The highest BCUT2D eigenvalue weighted by Gasteiger charge is 2.19. The molecule has 124 valence electrons.